The summed E-state index contributed by atoms with van der Waals surface area (Å²) in [5.41, 5.74) is 3.15. The topological polar surface area (TPSA) is 59.7 Å². The van der Waals surface area contributed by atoms with E-state index in [0.717, 1.165) is 62.4 Å². The van der Waals surface area contributed by atoms with Crippen molar-refractivity contribution in [2.24, 2.45) is 5.92 Å². The SMILES string of the molecule is Cc1cc(C2CCN(C(=O)[C@@H]3CCCOC3)CC2)nc2ccnn12. The number of aryl methyl sites for hydroxylation is 1. The number of carbonyl (C=O) groups is 1. The summed E-state index contributed by atoms with van der Waals surface area (Å²) < 4.78 is 7.33. The zero-order valence-electron chi connectivity index (χ0n) is 14.1. The molecule has 2 aromatic rings. The molecule has 0 saturated carbocycles. The molecule has 2 fully saturated rings. The maximum absolute atomic E-state index is 12.6. The van der Waals surface area contributed by atoms with Crippen LogP contribution in [-0.4, -0.2) is 51.7 Å². The van der Waals surface area contributed by atoms with Gasteiger partial charge in [0, 0.05) is 43.1 Å². The Morgan fingerprint density at radius 1 is 1.29 bits per heavy atom. The molecule has 0 aromatic carbocycles. The average Bonchev–Trinajstić information content (AvgIpc) is 3.11. The van der Waals surface area contributed by atoms with Gasteiger partial charge in [0.1, 0.15) is 0 Å². The first kappa shape index (κ1) is 15.6. The van der Waals surface area contributed by atoms with Crippen LogP contribution in [0.25, 0.3) is 5.65 Å². The smallest absolute Gasteiger partial charge is 0.228 e. The molecule has 2 aromatic heterocycles. The van der Waals surface area contributed by atoms with Gasteiger partial charge in [-0.05, 0) is 38.7 Å². The van der Waals surface area contributed by atoms with E-state index in [4.69, 9.17) is 9.72 Å². The van der Waals surface area contributed by atoms with E-state index in [1.807, 2.05) is 15.5 Å². The molecular weight excluding hydrogens is 304 g/mol. The van der Waals surface area contributed by atoms with Crippen molar-refractivity contribution in [3.05, 3.63) is 29.7 Å². The molecule has 2 aliphatic heterocycles. The minimum absolute atomic E-state index is 0.0683. The highest BCUT2D eigenvalue weighted by Crippen LogP contribution is 2.29. The number of piperidine rings is 1. The fourth-order valence-electron chi connectivity index (χ4n) is 3.89. The Hall–Kier alpha value is -1.95. The highest BCUT2D eigenvalue weighted by molar-refractivity contribution is 5.79. The number of nitrogens with zero attached hydrogens (tertiary/aromatic N) is 4. The Labute approximate surface area is 141 Å². The van der Waals surface area contributed by atoms with Crippen LogP contribution in [0.1, 0.15) is 43.0 Å². The van der Waals surface area contributed by atoms with Crippen molar-refractivity contribution in [2.75, 3.05) is 26.3 Å². The summed E-state index contributed by atoms with van der Waals surface area (Å²) in [7, 11) is 0. The molecule has 24 heavy (non-hydrogen) atoms. The Kier molecular flexibility index (Phi) is 4.22. The summed E-state index contributed by atoms with van der Waals surface area (Å²) in [6.45, 7) is 5.11. The van der Waals surface area contributed by atoms with Crippen molar-refractivity contribution in [2.45, 2.75) is 38.5 Å². The quantitative estimate of drug-likeness (QED) is 0.848. The first-order chi connectivity index (χ1) is 11.7. The van der Waals surface area contributed by atoms with Gasteiger partial charge in [0.25, 0.3) is 0 Å². The van der Waals surface area contributed by atoms with E-state index in [2.05, 4.69) is 18.1 Å². The monoisotopic (exact) mass is 328 g/mol. The number of hydrogen-bond acceptors (Lipinski definition) is 4. The minimum Gasteiger partial charge on any atom is -0.381 e. The van der Waals surface area contributed by atoms with Crippen LogP contribution in [0.5, 0.6) is 0 Å². The number of rotatable bonds is 2. The highest BCUT2D eigenvalue weighted by Gasteiger charge is 2.30. The molecule has 4 rings (SSSR count). The highest BCUT2D eigenvalue weighted by atomic mass is 16.5. The van der Waals surface area contributed by atoms with Gasteiger partial charge in [-0.25, -0.2) is 9.50 Å². The van der Waals surface area contributed by atoms with Crippen molar-refractivity contribution < 1.29 is 9.53 Å². The van der Waals surface area contributed by atoms with E-state index in [-0.39, 0.29) is 11.8 Å². The van der Waals surface area contributed by atoms with Crippen LogP contribution in [0.4, 0.5) is 0 Å². The number of ether oxygens (including phenoxy) is 1. The fourth-order valence-corrected chi connectivity index (χ4v) is 3.89. The van der Waals surface area contributed by atoms with Gasteiger partial charge in [0.15, 0.2) is 5.65 Å². The van der Waals surface area contributed by atoms with E-state index in [9.17, 15) is 4.79 Å². The predicted molar refractivity (Wildman–Crippen MR) is 89.8 cm³/mol. The molecule has 0 aliphatic carbocycles. The Morgan fingerprint density at radius 2 is 2.12 bits per heavy atom. The molecule has 2 saturated heterocycles. The van der Waals surface area contributed by atoms with E-state index in [0.29, 0.717) is 12.5 Å². The van der Waals surface area contributed by atoms with Crippen LogP contribution < -0.4 is 0 Å². The standard InChI is InChI=1S/C18H24N4O2/c1-13-11-16(20-17-4-7-19-22(13)17)14-5-8-21(9-6-14)18(23)15-3-2-10-24-12-15/h4,7,11,14-15H,2-3,5-6,8-10,12H2,1H3/t15-/m1/s1. The summed E-state index contributed by atoms with van der Waals surface area (Å²) in [5, 5.41) is 4.28. The third-order valence-electron chi connectivity index (χ3n) is 5.29. The molecule has 1 atom stereocenters. The van der Waals surface area contributed by atoms with E-state index in [1.165, 1.54) is 0 Å². The first-order valence-corrected chi connectivity index (χ1v) is 8.90. The third kappa shape index (κ3) is 2.90. The number of aromatic nitrogens is 3. The van der Waals surface area contributed by atoms with Gasteiger partial charge >= 0.3 is 0 Å². The third-order valence-corrected chi connectivity index (χ3v) is 5.29. The molecule has 0 N–H and O–H groups in total. The van der Waals surface area contributed by atoms with E-state index >= 15 is 0 Å². The van der Waals surface area contributed by atoms with Crippen LogP contribution in [0.2, 0.25) is 0 Å². The number of fused-ring (bicyclic) bond motifs is 1. The Morgan fingerprint density at radius 3 is 2.88 bits per heavy atom. The second-order valence-electron chi connectivity index (χ2n) is 6.94. The molecule has 6 heteroatoms. The fraction of sp³-hybridized carbons (Fsp3) is 0.611. The maximum Gasteiger partial charge on any atom is 0.228 e. The normalized spacial score (nSPS) is 22.9. The summed E-state index contributed by atoms with van der Waals surface area (Å²) in [4.78, 5) is 19.4. The van der Waals surface area contributed by atoms with Gasteiger partial charge in [-0.3, -0.25) is 4.79 Å². The van der Waals surface area contributed by atoms with Crippen LogP contribution in [0.3, 0.4) is 0 Å². The van der Waals surface area contributed by atoms with Gasteiger partial charge < -0.3 is 9.64 Å². The molecule has 128 valence electrons. The number of carbonyl (C=O) groups excluding carboxylic acids is 1. The zero-order chi connectivity index (χ0) is 16.5. The lowest BCUT2D eigenvalue weighted by atomic mass is 9.91. The lowest BCUT2D eigenvalue weighted by Crippen LogP contribution is -2.43. The molecule has 0 unspecified atom stereocenters. The summed E-state index contributed by atoms with van der Waals surface area (Å²) >= 11 is 0. The van der Waals surface area contributed by atoms with Crippen molar-refractivity contribution in [1.82, 2.24) is 19.5 Å². The van der Waals surface area contributed by atoms with Crippen LogP contribution >= 0.6 is 0 Å². The summed E-state index contributed by atoms with van der Waals surface area (Å²) in [6, 6.07) is 4.08. The maximum atomic E-state index is 12.6. The second-order valence-corrected chi connectivity index (χ2v) is 6.94. The van der Waals surface area contributed by atoms with Gasteiger partial charge in [-0.1, -0.05) is 0 Å². The average molecular weight is 328 g/mol. The minimum atomic E-state index is 0.0683. The molecular formula is C18H24N4O2. The van der Waals surface area contributed by atoms with Crippen LogP contribution in [0.15, 0.2) is 18.3 Å². The largest absolute Gasteiger partial charge is 0.381 e. The van der Waals surface area contributed by atoms with Crippen molar-refractivity contribution >= 4 is 11.6 Å². The van der Waals surface area contributed by atoms with E-state index in [1.54, 1.807) is 6.20 Å². The summed E-state index contributed by atoms with van der Waals surface area (Å²) in [5.74, 6) is 0.776. The number of amides is 1. The molecule has 0 spiro atoms. The van der Waals surface area contributed by atoms with Gasteiger partial charge in [0.05, 0.1) is 18.7 Å². The Bertz CT molecular complexity index is 728. The molecule has 1 amide bonds. The number of likely N-dealkylation sites (tertiary alicyclic amines) is 1. The van der Waals surface area contributed by atoms with Crippen molar-refractivity contribution in [3.8, 4) is 0 Å². The van der Waals surface area contributed by atoms with Gasteiger partial charge in [-0.15, -0.1) is 0 Å². The lowest BCUT2D eigenvalue weighted by Gasteiger charge is -2.35. The molecule has 0 bridgehead atoms. The van der Waals surface area contributed by atoms with Gasteiger partial charge in [-0.2, -0.15) is 5.10 Å². The van der Waals surface area contributed by atoms with E-state index < -0.39 is 0 Å². The van der Waals surface area contributed by atoms with Crippen molar-refractivity contribution in [1.29, 1.82) is 0 Å². The van der Waals surface area contributed by atoms with Gasteiger partial charge in [0.2, 0.25) is 5.91 Å². The van der Waals surface area contributed by atoms with Crippen LogP contribution in [0, 0.1) is 12.8 Å². The lowest BCUT2D eigenvalue weighted by molar-refractivity contribution is -0.140. The second kappa shape index (κ2) is 6.51. The molecule has 4 heterocycles. The predicted octanol–water partition coefficient (Wildman–Crippen LogP) is 2.17. The first-order valence-electron chi connectivity index (χ1n) is 8.90. The number of hydrogen-bond donors (Lipinski definition) is 0. The summed E-state index contributed by atoms with van der Waals surface area (Å²) in [6.07, 6.45) is 5.72. The molecule has 2 aliphatic rings. The molecule has 6 nitrogen and oxygen atoms in total. The van der Waals surface area contributed by atoms with Crippen molar-refractivity contribution in [3.63, 3.8) is 0 Å². The van der Waals surface area contributed by atoms with Crippen LogP contribution in [-0.2, 0) is 9.53 Å². The molecule has 0 radical (unpaired) electrons. The zero-order valence-corrected chi connectivity index (χ0v) is 14.1. The Balaban J connectivity index is 1.42.